The Morgan fingerprint density at radius 2 is 0.727 bits per heavy atom. The van der Waals surface area contributed by atoms with Crippen molar-refractivity contribution in [3.8, 4) is 0 Å². The molecular weight excluding hydrogens is 1960 g/mol. The number of pyridine rings is 4. The molecule has 764 valence electrons. The summed E-state index contributed by atoms with van der Waals surface area (Å²) in [7, 11) is -7.35. The van der Waals surface area contributed by atoms with E-state index in [1.807, 2.05) is 102 Å². The fourth-order valence-corrected chi connectivity index (χ4v) is 21.1. The largest absolute Gasteiger partial charge is 0.397 e. The van der Waals surface area contributed by atoms with Crippen molar-refractivity contribution in [2.75, 3.05) is 112 Å². The zero-order valence-electron chi connectivity index (χ0n) is 82.9. The summed E-state index contributed by atoms with van der Waals surface area (Å²) in [6.45, 7) is 9.97. The average molecular weight is 2090 g/mol. The van der Waals surface area contributed by atoms with E-state index in [9.17, 15) is 48.1 Å². The topological polar surface area (TPSA) is 434 Å². The van der Waals surface area contributed by atoms with E-state index in [1.54, 1.807) is 39.3 Å². The van der Waals surface area contributed by atoms with Gasteiger partial charge in [-0.15, -0.1) is 0 Å². The van der Waals surface area contributed by atoms with Gasteiger partial charge in [0, 0.05) is 96.8 Å². The molecule has 7 aromatic heterocycles. The highest BCUT2D eigenvalue weighted by Crippen LogP contribution is 2.50. The van der Waals surface area contributed by atoms with Crippen molar-refractivity contribution in [2.24, 2.45) is 28.5 Å². The summed E-state index contributed by atoms with van der Waals surface area (Å²) in [5.41, 5.74) is 30.4. The third-order valence-electron chi connectivity index (χ3n) is 27.8. The van der Waals surface area contributed by atoms with Crippen LogP contribution in [0.25, 0.3) is 33.5 Å². The standard InChI is InChI=1S/C28H35N5O4S.C24H28N4O3S.C23H28ClN5O3S.C12H13Cl2N3O.C11H16N2O2S.C4H7NO/c1-17-29-27-23(31-22-12-11-20(18-7-8-18)14-24(22)32(2)38(3,35)36)15-21(16-25(34)19-9-10-19)30-28(27)33(17)26-6-4-5-13-37-26;1-14-10-20-24(25-14)21(12-18(26-20)13-23(29)16-6-7-16)27-19-9-8-17(15-4-5-15)11-22(19)28(2)32(3,30)31;1-14-25-22-18(13-20(24)27-23(22)29(14)21-6-4-5-11-32-21)26-17-10-9-16(15-7-8-15)12-19(17)28(2)33(3,30)31;1-7-15-11-8(13)6-9(14)16-12(11)17(7)10-4-2-3-5-18-10;1-13(16(2,14)15)11-7-9(8-3-4-8)5-6-10(11)12;5-4(6)3-1-2-3/h11-12,14-15,18-19,26H,4-10,13,16H2,1-3H3,(H,30,31);8-9,11-12,15-16H,4-7,10,13H2,1-3H3,(H,26,27);9-10,12-13,15,21H,4-8,11H2,1-3H3,(H,26,27);6,10H,2-5H2,1H3;5-8H,3-4,12H2,1-2H3;3H,1-2H2,(H2,5,6). The highest BCUT2D eigenvalue weighted by Gasteiger charge is 2.37. The fourth-order valence-electron chi connectivity index (χ4n) is 18.4. The molecule has 0 spiro atoms. The van der Waals surface area contributed by atoms with Crippen molar-refractivity contribution in [3.05, 3.63) is 169 Å². The minimum absolute atomic E-state index is 0.00853. The number of carbonyl (C=O) groups is 3. The van der Waals surface area contributed by atoms with E-state index in [0.717, 1.165) is 204 Å². The first-order valence-corrected chi connectivity index (χ1v) is 57.8. The molecule has 34 nitrogen and oxygen atoms in total. The Morgan fingerprint density at radius 1 is 0.392 bits per heavy atom. The van der Waals surface area contributed by atoms with Gasteiger partial charge in [-0.1, -0.05) is 59.1 Å². The van der Waals surface area contributed by atoms with Crippen molar-refractivity contribution in [3.63, 3.8) is 0 Å². The second kappa shape index (κ2) is 42.8. The molecule has 3 unspecified atom stereocenters. The maximum absolute atomic E-state index is 12.8. The van der Waals surface area contributed by atoms with Gasteiger partial charge in [-0.2, -0.15) is 0 Å². The van der Waals surface area contributed by atoms with Crippen LogP contribution < -0.4 is 44.6 Å². The van der Waals surface area contributed by atoms with E-state index < -0.39 is 40.1 Å². The molecule has 7 N–H and O–H groups in total. The van der Waals surface area contributed by atoms with Gasteiger partial charge in [-0.3, -0.25) is 55.3 Å². The number of ketones is 2. The highest BCUT2D eigenvalue weighted by molar-refractivity contribution is 7.92. The monoisotopic (exact) mass is 2090 g/mol. The molecule has 41 heteroatoms. The van der Waals surface area contributed by atoms with Gasteiger partial charge in [0.05, 0.1) is 110 Å². The summed E-state index contributed by atoms with van der Waals surface area (Å²) < 4.78 is 126. The molecule has 10 fully saturated rings. The number of sulfonamides is 4. The number of halogens is 3. The van der Waals surface area contributed by atoms with E-state index in [4.69, 9.17) is 80.4 Å². The number of aliphatic imine (C=N–C) groups is 1. The predicted octanol–water partition coefficient (Wildman–Crippen LogP) is 19.5. The Bertz CT molecular complexity index is 7240. The van der Waals surface area contributed by atoms with Crippen LogP contribution in [-0.4, -0.2) is 178 Å². The van der Waals surface area contributed by atoms with E-state index in [0.29, 0.717) is 161 Å². The number of imidazole rings is 3. The first kappa shape index (κ1) is 104. The van der Waals surface area contributed by atoms with Crippen molar-refractivity contribution in [2.45, 2.75) is 237 Å². The Balaban J connectivity index is 0.000000124. The maximum atomic E-state index is 12.8. The summed E-state index contributed by atoms with van der Waals surface area (Å²) in [5, 5.41) is 11.5. The Morgan fingerprint density at radius 3 is 1.09 bits per heavy atom. The van der Waals surface area contributed by atoms with E-state index in [2.05, 4.69) is 54.1 Å². The van der Waals surface area contributed by atoms with Crippen molar-refractivity contribution < 1.29 is 62.3 Å². The number of rotatable bonds is 28. The normalized spacial score (nSPS) is 18.9. The van der Waals surface area contributed by atoms with E-state index >= 15 is 0 Å². The summed E-state index contributed by atoms with van der Waals surface area (Å²) in [4.78, 5) is 72.4. The van der Waals surface area contributed by atoms with Crippen LogP contribution in [0.2, 0.25) is 15.3 Å². The lowest BCUT2D eigenvalue weighted by molar-refractivity contribution is -0.120. The lowest BCUT2D eigenvalue weighted by Crippen LogP contribution is -2.25. The molecule has 1 amide bonds. The number of nitrogens with two attached hydrogens (primary N) is 2. The second-order valence-electron chi connectivity index (χ2n) is 39.7. The Kier molecular flexibility index (Phi) is 31.0. The van der Waals surface area contributed by atoms with Crippen molar-refractivity contribution in [1.82, 2.24) is 48.6 Å². The molecular formula is C102H127Cl3N20O14S4. The number of benzene rings is 4. The molecule has 3 atom stereocenters. The number of amides is 1. The van der Waals surface area contributed by atoms with Crippen LogP contribution in [0.1, 0.15) is 254 Å². The minimum Gasteiger partial charge on any atom is -0.397 e. The van der Waals surface area contributed by atoms with Crippen LogP contribution in [0.4, 0.5) is 68.2 Å². The van der Waals surface area contributed by atoms with Crippen molar-refractivity contribution >= 4 is 200 Å². The molecule has 7 aliphatic carbocycles. The van der Waals surface area contributed by atoms with Crippen molar-refractivity contribution in [1.29, 1.82) is 0 Å². The molecule has 0 radical (unpaired) electrons. The van der Waals surface area contributed by atoms with Crippen LogP contribution in [0.5, 0.6) is 0 Å². The molecule has 4 aromatic carbocycles. The minimum atomic E-state index is -3.48. The summed E-state index contributed by atoms with van der Waals surface area (Å²) in [6.07, 6.45) is 30.1. The smallest absolute Gasteiger partial charge is 0.232 e. The molecule has 143 heavy (non-hydrogen) atoms. The number of nitrogens with zero attached hydrogens (tertiary/aromatic N) is 15. The van der Waals surface area contributed by atoms with E-state index in [-0.39, 0.29) is 60.3 Å². The number of nitrogens with one attached hydrogen (secondary N) is 3. The van der Waals surface area contributed by atoms with Crippen LogP contribution in [0, 0.1) is 38.5 Å². The molecule has 11 aromatic rings. The fraction of sp³-hybridized carbons (Fsp3) is 0.500. The van der Waals surface area contributed by atoms with Gasteiger partial charge in [0.25, 0.3) is 0 Å². The Labute approximate surface area is 851 Å². The number of aromatic nitrogens is 10. The number of hydrogen-bond acceptors (Lipinski definition) is 26. The molecule has 11 heterocycles. The molecule has 3 saturated heterocycles. The number of aryl methyl sites for hydroxylation is 3. The van der Waals surface area contributed by atoms with Gasteiger partial charge in [0.2, 0.25) is 46.0 Å². The number of ether oxygens (including phenoxy) is 3. The summed E-state index contributed by atoms with van der Waals surface area (Å²) in [5.74, 6) is 5.42. The number of carbonyl (C=O) groups excluding carboxylic acids is 3. The zero-order chi connectivity index (χ0) is 102. The number of anilines is 11. The number of Topliss-reactive ketones (excluding diaryl/α,β-unsaturated/α-hetero) is 2. The second-order valence-corrected chi connectivity index (χ2v) is 48.9. The van der Waals surface area contributed by atoms with E-state index in [1.165, 1.54) is 67.7 Å². The molecule has 7 saturated carbocycles. The van der Waals surface area contributed by atoms with Gasteiger partial charge in [-0.25, -0.2) is 63.6 Å². The number of nitrogen functional groups attached to an aromatic ring is 1. The average Bonchev–Trinajstić information content (AvgIpc) is 1.60. The maximum Gasteiger partial charge on any atom is 0.232 e. The lowest BCUT2D eigenvalue weighted by Gasteiger charge is -2.25. The number of primary amides is 1. The molecule has 0 bridgehead atoms. The van der Waals surface area contributed by atoms with Gasteiger partial charge in [0.1, 0.15) is 80.3 Å². The first-order valence-electron chi connectivity index (χ1n) is 49.2. The van der Waals surface area contributed by atoms with Gasteiger partial charge < -0.3 is 41.6 Å². The van der Waals surface area contributed by atoms with Gasteiger partial charge >= 0.3 is 0 Å². The van der Waals surface area contributed by atoms with Crippen LogP contribution in [0.15, 0.2) is 102 Å². The number of hydrogen-bond donors (Lipinski definition) is 5. The quantitative estimate of drug-likeness (QED) is 0.0224. The molecule has 4 aliphatic heterocycles. The van der Waals surface area contributed by atoms with Crippen LogP contribution >= 0.6 is 34.8 Å². The molecule has 22 rings (SSSR count). The van der Waals surface area contributed by atoms with Gasteiger partial charge in [0.15, 0.2) is 16.9 Å². The zero-order valence-corrected chi connectivity index (χ0v) is 88.4. The lowest BCUT2D eigenvalue weighted by atomic mass is 10.1. The predicted molar refractivity (Wildman–Crippen MR) is 565 cm³/mol. The van der Waals surface area contributed by atoms with Crippen LogP contribution in [-0.2, 0) is 87.9 Å². The number of fused-ring (bicyclic) bond motifs is 4. The van der Waals surface area contributed by atoms with Gasteiger partial charge in [-0.05, 0) is 288 Å². The summed E-state index contributed by atoms with van der Waals surface area (Å²) in [6, 6.07) is 30.7. The SMILES string of the molecule is CC1=Nc2c(Nc3ccc(C4CC4)cc3N(C)S(C)(=O)=O)cc(CC(=O)C3CC3)nc2C1.CN(c1cc(C2CC2)ccc1N)S(C)(=O)=O.Cc1nc2c(Cl)cc(Cl)nc2n1C1CCCCO1.Cc1nc2c(Nc3ccc(C4CC4)cc3N(C)S(C)(=O)=O)cc(CC(=O)C3CC3)nc2n1C1CCCCO1.Cc1nc2c(Nc3ccc(C4CC4)cc3N(C)S(C)(=O)=O)cc(Cl)nc2n1C1CCCCO1.NC(=O)C1CC1. The van der Waals surface area contributed by atoms with Crippen LogP contribution in [0.3, 0.4) is 0 Å². The highest BCUT2D eigenvalue weighted by atomic mass is 35.5. The third-order valence-corrected chi connectivity index (χ3v) is 33.3. The summed E-state index contributed by atoms with van der Waals surface area (Å²) >= 11 is 18.5. The molecule has 11 aliphatic rings. The first-order chi connectivity index (χ1) is 68.0. The third kappa shape index (κ3) is 25.4. The Hall–Kier alpha value is -10.7.